The van der Waals surface area contributed by atoms with Crippen LogP contribution in [0.3, 0.4) is 0 Å². The molecule has 3 heterocycles. The molecule has 0 aliphatic heterocycles. The molecule has 0 spiro atoms. The first kappa shape index (κ1) is 19.5. The molecule has 0 aromatic carbocycles. The van der Waals surface area contributed by atoms with E-state index in [1.807, 2.05) is 31.4 Å². The molecule has 5 rings (SSSR count). The third kappa shape index (κ3) is 4.09. The molecule has 2 saturated carbocycles. The maximum absolute atomic E-state index is 12.0. The van der Waals surface area contributed by atoms with Gasteiger partial charge in [-0.2, -0.15) is 10.4 Å². The van der Waals surface area contributed by atoms with E-state index in [2.05, 4.69) is 26.8 Å². The number of aromatic nitrogens is 3. The molecule has 0 unspecified atom stereocenters. The zero-order chi connectivity index (χ0) is 21.4. The van der Waals surface area contributed by atoms with E-state index in [-0.39, 0.29) is 11.8 Å². The standard InChI is InChI=1S/C23H24N6O2/c1-25-17-6-14(7-17)13-31-21-12-26-18(11-24)9-20(21)16-4-5-29-19(8-16)10-22(28-29)27-23(30)15-2-3-15/h4-5,8-10,12,14-15,17,25H,2-3,6-7,13H2,1H3,(H,27,28,30). The average Bonchev–Trinajstić information content (AvgIpc) is 3.53. The van der Waals surface area contributed by atoms with Crippen LogP contribution in [0.1, 0.15) is 31.4 Å². The van der Waals surface area contributed by atoms with E-state index in [1.54, 1.807) is 16.8 Å². The van der Waals surface area contributed by atoms with Gasteiger partial charge >= 0.3 is 0 Å². The number of nitrogens with one attached hydrogen (secondary N) is 2. The molecule has 0 saturated heterocycles. The summed E-state index contributed by atoms with van der Waals surface area (Å²) in [5.41, 5.74) is 2.92. The average molecular weight is 416 g/mol. The molecule has 0 radical (unpaired) electrons. The lowest BCUT2D eigenvalue weighted by Crippen LogP contribution is -2.41. The van der Waals surface area contributed by atoms with Gasteiger partial charge in [0, 0.05) is 29.8 Å². The molecule has 2 aliphatic carbocycles. The van der Waals surface area contributed by atoms with Crippen LogP contribution in [-0.4, -0.2) is 40.2 Å². The van der Waals surface area contributed by atoms with Gasteiger partial charge in [0.2, 0.25) is 5.91 Å². The highest BCUT2D eigenvalue weighted by molar-refractivity contribution is 5.93. The van der Waals surface area contributed by atoms with Crippen molar-refractivity contribution in [1.29, 1.82) is 5.26 Å². The number of nitriles is 1. The Hall–Kier alpha value is -3.44. The van der Waals surface area contributed by atoms with E-state index in [4.69, 9.17) is 4.74 Å². The highest BCUT2D eigenvalue weighted by Crippen LogP contribution is 2.34. The number of amides is 1. The summed E-state index contributed by atoms with van der Waals surface area (Å²) in [4.78, 5) is 16.2. The molecule has 158 valence electrons. The highest BCUT2D eigenvalue weighted by Gasteiger charge is 2.30. The quantitative estimate of drug-likeness (QED) is 0.614. The molecule has 0 bridgehead atoms. The first-order chi connectivity index (χ1) is 15.1. The van der Waals surface area contributed by atoms with Crippen molar-refractivity contribution in [2.24, 2.45) is 11.8 Å². The van der Waals surface area contributed by atoms with Gasteiger partial charge in [0.25, 0.3) is 0 Å². The molecule has 8 heteroatoms. The molecule has 3 aromatic heterocycles. The summed E-state index contributed by atoms with van der Waals surface area (Å²) in [6, 6.07) is 10.2. The van der Waals surface area contributed by atoms with Crippen LogP contribution in [0.5, 0.6) is 5.75 Å². The fraction of sp³-hybridized carbons (Fsp3) is 0.391. The number of fused-ring (bicyclic) bond motifs is 1. The van der Waals surface area contributed by atoms with Gasteiger partial charge in [-0.15, -0.1) is 0 Å². The Balaban J connectivity index is 1.39. The first-order valence-electron chi connectivity index (χ1n) is 10.6. The Morgan fingerprint density at radius 1 is 1.32 bits per heavy atom. The molecule has 8 nitrogen and oxygen atoms in total. The Morgan fingerprint density at radius 2 is 2.16 bits per heavy atom. The summed E-state index contributed by atoms with van der Waals surface area (Å²) in [7, 11) is 1.99. The molecule has 31 heavy (non-hydrogen) atoms. The number of nitrogens with zero attached hydrogens (tertiary/aromatic N) is 4. The van der Waals surface area contributed by atoms with Crippen LogP contribution >= 0.6 is 0 Å². The summed E-state index contributed by atoms with van der Waals surface area (Å²) in [6.45, 7) is 0.630. The van der Waals surface area contributed by atoms with E-state index in [0.717, 1.165) is 42.3 Å². The largest absolute Gasteiger partial charge is 0.491 e. The van der Waals surface area contributed by atoms with Gasteiger partial charge in [0.15, 0.2) is 5.82 Å². The van der Waals surface area contributed by atoms with Gasteiger partial charge in [-0.3, -0.25) is 4.79 Å². The number of ether oxygens (including phenoxy) is 1. The van der Waals surface area contributed by atoms with Gasteiger partial charge in [-0.1, -0.05) is 0 Å². The lowest BCUT2D eigenvalue weighted by Gasteiger charge is -2.34. The fourth-order valence-corrected chi connectivity index (χ4v) is 3.96. The number of rotatable bonds is 7. The molecular weight excluding hydrogens is 392 g/mol. The molecule has 3 aromatic rings. The maximum atomic E-state index is 12.0. The van der Waals surface area contributed by atoms with Gasteiger partial charge in [0.05, 0.1) is 18.3 Å². The number of carbonyl (C=O) groups is 1. The Morgan fingerprint density at radius 3 is 2.90 bits per heavy atom. The van der Waals surface area contributed by atoms with Gasteiger partial charge in [0.1, 0.15) is 17.5 Å². The Kier molecular flexibility index (Phi) is 5.04. The van der Waals surface area contributed by atoms with E-state index in [0.29, 0.717) is 35.8 Å². The minimum absolute atomic E-state index is 0.0311. The summed E-state index contributed by atoms with van der Waals surface area (Å²) in [5.74, 6) is 1.89. The molecule has 2 aliphatic rings. The molecular formula is C23H24N6O2. The monoisotopic (exact) mass is 416 g/mol. The Labute approximate surface area is 180 Å². The molecule has 2 N–H and O–H groups in total. The van der Waals surface area contributed by atoms with E-state index in [1.165, 1.54) is 0 Å². The minimum Gasteiger partial charge on any atom is -0.491 e. The molecule has 0 atom stereocenters. The van der Waals surface area contributed by atoms with Crippen LogP contribution in [-0.2, 0) is 4.79 Å². The zero-order valence-electron chi connectivity index (χ0n) is 17.3. The van der Waals surface area contributed by atoms with Gasteiger partial charge < -0.3 is 15.4 Å². The second-order valence-electron chi connectivity index (χ2n) is 8.39. The number of anilines is 1. The number of hydrogen-bond donors (Lipinski definition) is 2. The van der Waals surface area contributed by atoms with Crippen LogP contribution in [0.15, 0.2) is 36.7 Å². The summed E-state index contributed by atoms with van der Waals surface area (Å²) < 4.78 is 7.84. The predicted molar refractivity (Wildman–Crippen MR) is 116 cm³/mol. The smallest absolute Gasteiger partial charge is 0.228 e. The summed E-state index contributed by atoms with van der Waals surface area (Å²) in [6.07, 6.45) is 7.58. The number of pyridine rings is 2. The van der Waals surface area contributed by atoms with Crippen molar-refractivity contribution in [3.05, 3.63) is 42.4 Å². The number of carbonyl (C=O) groups excluding carboxylic acids is 1. The van der Waals surface area contributed by atoms with Gasteiger partial charge in [-0.05, 0) is 62.4 Å². The van der Waals surface area contributed by atoms with E-state index >= 15 is 0 Å². The lowest BCUT2D eigenvalue weighted by atomic mass is 9.81. The molecule has 2 fully saturated rings. The van der Waals surface area contributed by atoms with Crippen molar-refractivity contribution < 1.29 is 9.53 Å². The van der Waals surface area contributed by atoms with Crippen molar-refractivity contribution in [3.8, 4) is 22.9 Å². The maximum Gasteiger partial charge on any atom is 0.228 e. The van der Waals surface area contributed by atoms with Crippen LogP contribution in [0, 0.1) is 23.2 Å². The second-order valence-corrected chi connectivity index (χ2v) is 8.39. The summed E-state index contributed by atoms with van der Waals surface area (Å²) in [5, 5.41) is 19.9. The van der Waals surface area contributed by atoms with Gasteiger partial charge in [-0.25, -0.2) is 9.50 Å². The number of hydrogen-bond acceptors (Lipinski definition) is 6. The second kappa shape index (κ2) is 8.00. The third-order valence-corrected chi connectivity index (χ3v) is 6.07. The van der Waals surface area contributed by atoms with Crippen LogP contribution in [0.4, 0.5) is 5.82 Å². The van der Waals surface area contributed by atoms with Crippen LogP contribution in [0.2, 0.25) is 0 Å². The Bertz CT molecular complexity index is 1170. The van der Waals surface area contributed by atoms with Crippen molar-refractivity contribution in [3.63, 3.8) is 0 Å². The van der Waals surface area contributed by atoms with Crippen LogP contribution < -0.4 is 15.4 Å². The van der Waals surface area contributed by atoms with Crippen LogP contribution in [0.25, 0.3) is 16.6 Å². The predicted octanol–water partition coefficient (Wildman–Crippen LogP) is 2.99. The normalized spacial score (nSPS) is 20.1. The van der Waals surface area contributed by atoms with Crippen molar-refractivity contribution in [2.45, 2.75) is 31.7 Å². The van der Waals surface area contributed by atoms with Crippen molar-refractivity contribution >= 4 is 17.2 Å². The van der Waals surface area contributed by atoms with E-state index in [9.17, 15) is 10.1 Å². The zero-order valence-corrected chi connectivity index (χ0v) is 17.3. The fourth-order valence-electron chi connectivity index (χ4n) is 3.96. The van der Waals surface area contributed by atoms with Crippen molar-refractivity contribution in [2.75, 3.05) is 19.0 Å². The molecule has 1 amide bonds. The van der Waals surface area contributed by atoms with Crippen molar-refractivity contribution in [1.82, 2.24) is 19.9 Å². The first-order valence-corrected chi connectivity index (χ1v) is 10.6. The summed E-state index contributed by atoms with van der Waals surface area (Å²) >= 11 is 0. The minimum atomic E-state index is 0.0311. The highest BCUT2D eigenvalue weighted by atomic mass is 16.5. The third-order valence-electron chi connectivity index (χ3n) is 6.07. The SMILES string of the molecule is CNC1CC(COc2cnc(C#N)cc2-c2ccn3nc(NC(=O)C4CC4)cc3c2)C1. The lowest BCUT2D eigenvalue weighted by molar-refractivity contribution is -0.117. The van der Waals surface area contributed by atoms with E-state index < -0.39 is 0 Å². The topological polar surface area (TPSA) is 104 Å².